The molecule has 0 aliphatic heterocycles. The lowest BCUT2D eigenvalue weighted by atomic mass is 10.2. The molecule has 0 spiro atoms. The summed E-state index contributed by atoms with van der Waals surface area (Å²) in [6, 6.07) is 10.1. The Bertz CT molecular complexity index is 569. The molecule has 2 aromatic carbocycles. The van der Waals surface area contributed by atoms with E-state index in [0.717, 1.165) is 16.6 Å². The summed E-state index contributed by atoms with van der Waals surface area (Å²) in [6.45, 7) is 0.770. The van der Waals surface area contributed by atoms with E-state index < -0.39 is 0 Å². The van der Waals surface area contributed by atoms with Crippen LogP contribution >= 0.6 is 31.9 Å². The van der Waals surface area contributed by atoms with Gasteiger partial charge in [-0.3, -0.25) is 0 Å². The Kier molecular flexibility index (Phi) is 4.96. The normalized spacial score (nSPS) is 10.5. The third kappa shape index (κ3) is 4.03. The van der Waals surface area contributed by atoms with E-state index in [9.17, 15) is 4.39 Å². The van der Waals surface area contributed by atoms with Crippen molar-refractivity contribution in [1.82, 2.24) is 5.32 Å². The van der Waals surface area contributed by atoms with Gasteiger partial charge in [0.1, 0.15) is 17.3 Å². The molecular formula is C14H12Br2FNO. The molecule has 0 aliphatic rings. The summed E-state index contributed by atoms with van der Waals surface area (Å²) in [5, 5.41) is 3.08. The lowest BCUT2D eigenvalue weighted by molar-refractivity contribution is 0.475. The number of ether oxygens (including phenoxy) is 1. The van der Waals surface area contributed by atoms with Crippen molar-refractivity contribution in [2.45, 2.75) is 6.54 Å². The first-order chi connectivity index (χ1) is 9.08. The Hall–Kier alpha value is -0.910. The Balaban J connectivity index is 2.21. The smallest absolute Gasteiger partial charge is 0.131 e. The zero-order valence-corrected chi connectivity index (χ0v) is 13.4. The molecule has 0 radical (unpaired) electrons. The molecule has 5 heteroatoms. The highest BCUT2D eigenvalue weighted by Crippen LogP contribution is 2.29. The summed E-state index contributed by atoms with van der Waals surface area (Å²) in [5.41, 5.74) is 1.13. The second-order valence-electron chi connectivity index (χ2n) is 3.99. The summed E-state index contributed by atoms with van der Waals surface area (Å²) in [6.07, 6.45) is 0. The second kappa shape index (κ2) is 6.50. The van der Waals surface area contributed by atoms with Gasteiger partial charge in [-0.05, 0) is 36.9 Å². The van der Waals surface area contributed by atoms with E-state index in [-0.39, 0.29) is 5.82 Å². The third-order valence-corrected chi connectivity index (χ3v) is 3.66. The van der Waals surface area contributed by atoms with E-state index >= 15 is 0 Å². The lowest BCUT2D eigenvalue weighted by Gasteiger charge is -2.09. The Morgan fingerprint density at radius 1 is 1.11 bits per heavy atom. The predicted molar refractivity (Wildman–Crippen MR) is 81.1 cm³/mol. The molecule has 2 aromatic rings. The third-order valence-electron chi connectivity index (χ3n) is 2.46. The van der Waals surface area contributed by atoms with Gasteiger partial charge in [-0.25, -0.2) is 4.39 Å². The average molecular weight is 389 g/mol. The van der Waals surface area contributed by atoms with Crippen LogP contribution < -0.4 is 10.1 Å². The molecule has 19 heavy (non-hydrogen) atoms. The van der Waals surface area contributed by atoms with Crippen molar-refractivity contribution in [2.75, 3.05) is 7.05 Å². The molecule has 0 aliphatic carbocycles. The highest BCUT2D eigenvalue weighted by atomic mass is 79.9. The van der Waals surface area contributed by atoms with E-state index in [1.165, 1.54) is 12.1 Å². The molecule has 0 fully saturated rings. The van der Waals surface area contributed by atoms with Crippen molar-refractivity contribution in [3.05, 3.63) is 56.7 Å². The molecule has 0 saturated heterocycles. The molecule has 0 aromatic heterocycles. The van der Waals surface area contributed by atoms with Crippen LogP contribution in [-0.2, 0) is 6.54 Å². The lowest BCUT2D eigenvalue weighted by Crippen LogP contribution is -2.05. The number of benzene rings is 2. The van der Waals surface area contributed by atoms with E-state index in [4.69, 9.17) is 4.74 Å². The summed E-state index contributed by atoms with van der Waals surface area (Å²) in [4.78, 5) is 0. The van der Waals surface area contributed by atoms with Crippen molar-refractivity contribution in [3.63, 3.8) is 0 Å². The molecule has 0 bridgehead atoms. The Morgan fingerprint density at radius 2 is 1.89 bits per heavy atom. The first-order valence-corrected chi connectivity index (χ1v) is 7.24. The largest absolute Gasteiger partial charge is 0.457 e. The maximum Gasteiger partial charge on any atom is 0.131 e. The number of halogens is 3. The molecule has 0 heterocycles. The Morgan fingerprint density at radius 3 is 2.53 bits per heavy atom. The maximum absolute atomic E-state index is 13.2. The first-order valence-electron chi connectivity index (χ1n) is 5.65. The SMILES string of the molecule is CNCc1ccc(Oc2cc(F)cc(Br)c2)cc1Br. The Labute approximate surface area is 128 Å². The van der Waals surface area contributed by atoms with Crippen LogP contribution in [0.15, 0.2) is 45.3 Å². The summed E-state index contributed by atoms with van der Waals surface area (Å²) in [5.74, 6) is 0.777. The second-order valence-corrected chi connectivity index (χ2v) is 5.76. The van der Waals surface area contributed by atoms with Gasteiger partial charge in [-0.15, -0.1) is 0 Å². The molecule has 0 unspecified atom stereocenters. The topological polar surface area (TPSA) is 21.3 Å². The van der Waals surface area contributed by atoms with Gasteiger partial charge in [-0.2, -0.15) is 0 Å². The van der Waals surface area contributed by atoms with E-state index in [0.29, 0.717) is 16.0 Å². The molecule has 0 saturated carbocycles. The van der Waals surface area contributed by atoms with Crippen molar-refractivity contribution in [1.29, 1.82) is 0 Å². The standard InChI is InChI=1S/C14H12Br2FNO/c1-18-8-9-2-3-12(7-14(9)16)19-13-5-10(15)4-11(17)6-13/h2-7,18H,8H2,1H3. The average Bonchev–Trinajstić information content (AvgIpc) is 2.31. The summed E-state index contributed by atoms with van der Waals surface area (Å²) >= 11 is 6.72. The minimum Gasteiger partial charge on any atom is -0.457 e. The van der Waals surface area contributed by atoms with Crippen LogP contribution in [0.1, 0.15) is 5.56 Å². The van der Waals surface area contributed by atoms with Gasteiger partial charge >= 0.3 is 0 Å². The highest BCUT2D eigenvalue weighted by molar-refractivity contribution is 9.10. The molecule has 0 amide bonds. The first kappa shape index (κ1) is 14.5. The number of nitrogens with one attached hydrogen (secondary N) is 1. The van der Waals surface area contributed by atoms with E-state index in [2.05, 4.69) is 37.2 Å². The van der Waals surface area contributed by atoms with E-state index in [1.807, 2.05) is 25.2 Å². The number of rotatable bonds is 4. The van der Waals surface area contributed by atoms with Crippen LogP contribution in [0.4, 0.5) is 4.39 Å². The molecule has 0 atom stereocenters. The monoisotopic (exact) mass is 387 g/mol. The van der Waals surface area contributed by atoms with Crippen LogP contribution in [0.25, 0.3) is 0 Å². The van der Waals surface area contributed by atoms with Crippen molar-refractivity contribution in [3.8, 4) is 11.5 Å². The van der Waals surface area contributed by atoms with Crippen molar-refractivity contribution < 1.29 is 9.13 Å². The van der Waals surface area contributed by atoms with Crippen LogP contribution in [0.2, 0.25) is 0 Å². The fourth-order valence-electron chi connectivity index (χ4n) is 1.65. The van der Waals surface area contributed by atoms with Gasteiger partial charge < -0.3 is 10.1 Å². The number of hydrogen-bond donors (Lipinski definition) is 1. The zero-order valence-electron chi connectivity index (χ0n) is 10.2. The van der Waals surface area contributed by atoms with E-state index in [1.54, 1.807) is 6.07 Å². The van der Waals surface area contributed by atoms with Crippen LogP contribution in [0, 0.1) is 5.82 Å². The molecule has 1 N–H and O–H groups in total. The predicted octanol–water partition coefficient (Wildman–Crippen LogP) is 4.86. The van der Waals surface area contributed by atoms with Crippen LogP contribution in [-0.4, -0.2) is 7.05 Å². The van der Waals surface area contributed by atoms with Crippen molar-refractivity contribution >= 4 is 31.9 Å². The van der Waals surface area contributed by atoms with Gasteiger partial charge in [0.2, 0.25) is 0 Å². The summed E-state index contributed by atoms with van der Waals surface area (Å²) in [7, 11) is 1.89. The van der Waals surface area contributed by atoms with Crippen LogP contribution in [0.5, 0.6) is 11.5 Å². The van der Waals surface area contributed by atoms with Crippen LogP contribution in [0.3, 0.4) is 0 Å². The van der Waals surface area contributed by atoms with Gasteiger partial charge in [0.05, 0.1) is 0 Å². The highest BCUT2D eigenvalue weighted by Gasteiger charge is 2.05. The molecule has 100 valence electrons. The molecular weight excluding hydrogens is 377 g/mol. The minimum absolute atomic E-state index is 0.338. The fourth-order valence-corrected chi connectivity index (χ4v) is 2.59. The summed E-state index contributed by atoms with van der Waals surface area (Å²) < 4.78 is 20.5. The number of hydrogen-bond acceptors (Lipinski definition) is 2. The fraction of sp³-hybridized carbons (Fsp3) is 0.143. The van der Waals surface area contributed by atoms with Gasteiger partial charge in [0.25, 0.3) is 0 Å². The maximum atomic E-state index is 13.2. The molecule has 2 rings (SSSR count). The van der Waals surface area contributed by atoms with Gasteiger partial charge in [0.15, 0.2) is 0 Å². The molecule has 2 nitrogen and oxygen atoms in total. The minimum atomic E-state index is -0.338. The van der Waals surface area contributed by atoms with Crippen molar-refractivity contribution in [2.24, 2.45) is 0 Å². The zero-order chi connectivity index (χ0) is 13.8. The van der Waals surface area contributed by atoms with Gasteiger partial charge in [-0.1, -0.05) is 37.9 Å². The van der Waals surface area contributed by atoms with Gasteiger partial charge in [0, 0.05) is 21.6 Å². The quantitative estimate of drug-likeness (QED) is 0.807.